The van der Waals surface area contributed by atoms with Gasteiger partial charge in [0.05, 0.1) is 0 Å². The van der Waals surface area contributed by atoms with Gasteiger partial charge in [-0.1, -0.05) is 12.2 Å². The zero-order valence-electron chi connectivity index (χ0n) is 5.20. The number of fused-ring (bicyclic) bond motifs is 3. The van der Waals surface area contributed by atoms with E-state index in [2.05, 4.69) is 19.1 Å². The predicted molar refractivity (Wildman–Crippen MR) is 31.1 cm³/mol. The standard InChI is InChI=1S/C7H8O2/c1-7-3-2-4-5(8-4)6(7)9-7/h2-6H,1H3. The van der Waals surface area contributed by atoms with Gasteiger partial charge in [-0.3, -0.25) is 0 Å². The van der Waals surface area contributed by atoms with Gasteiger partial charge in [0.2, 0.25) is 0 Å². The third-order valence-electron chi connectivity index (χ3n) is 2.37. The second kappa shape index (κ2) is 0.976. The van der Waals surface area contributed by atoms with Crippen molar-refractivity contribution in [3.8, 4) is 0 Å². The van der Waals surface area contributed by atoms with Crippen LogP contribution in [0.25, 0.3) is 0 Å². The fraction of sp³-hybridized carbons (Fsp3) is 0.714. The Morgan fingerprint density at radius 1 is 1.56 bits per heavy atom. The second-order valence-corrected chi connectivity index (χ2v) is 3.15. The Bertz CT molecular complexity index is 199. The van der Waals surface area contributed by atoms with Crippen molar-refractivity contribution in [1.82, 2.24) is 0 Å². The molecule has 3 aliphatic rings. The van der Waals surface area contributed by atoms with Gasteiger partial charge in [-0.15, -0.1) is 0 Å². The Labute approximate surface area is 53.4 Å². The molecule has 4 atom stereocenters. The smallest absolute Gasteiger partial charge is 0.120 e. The van der Waals surface area contributed by atoms with E-state index in [9.17, 15) is 0 Å². The van der Waals surface area contributed by atoms with E-state index >= 15 is 0 Å². The Morgan fingerprint density at radius 2 is 2.44 bits per heavy atom. The van der Waals surface area contributed by atoms with Crippen LogP contribution in [0.5, 0.6) is 0 Å². The van der Waals surface area contributed by atoms with Crippen molar-refractivity contribution in [3.05, 3.63) is 12.2 Å². The molecule has 2 heteroatoms. The minimum atomic E-state index is 0.0532. The molecular formula is C7H8O2. The number of hydrogen-bond acceptors (Lipinski definition) is 2. The third-order valence-corrected chi connectivity index (χ3v) is 2.37. The molecule has 3 rings (SSSR count). The molecule has 2 heterocycles. The quantitative estimate of drug-likeness (QED) is 0.346. The highest BCUT2D eigenvalue weighted by atomic mass is 16.7. The van der Waals surface area contributed by atoms with Crippen LogP contribution in [-0.2, 0) is 9.47 Å². The Morgan fingerprint density at radius 3 is 3.22 bits per heavy atom. The first-order chi connectivity index (χ1) is 4.30. The third kappa shape index (κ3) is 0.404. The maximum absolute atomic E-state index is 5.41. The van der Waals surface area contributed by atoms with E-state index in [1.807, 2.05) is 0 Å². The lowest BCUT2D eigenvalue weighted by Crippen LogP contribution is -2.16. The molecule has 0 amide bonds. The molecule has 0 saturated carbocycles. The van der Waals surface area contributed by atoms with Gasteiger partial charge >= 0.3 is 0 Å². The first-order valence-corrected chi connectivity index (χ1v) is 3.32. The van der Waals surface area contributed by atoms with Crippen LogP contribution in [0.3, 0.4) is 0 Å². The molecule has 0 radical (unpaired) electrons. The number of hydrogen-bond donors (Lipinski definition) is 0. The Kier molecular flexibility index (Phi) is 0.485. The highest BCUT2D eigenvalue weighted by Crippen LogP contribution is 2.51. The van der Waals surface area contributed by atoms with Crippen LogP contribution in [0.1, 0.15) is 6.92 Å². The average molecular weight is 124 g/mol. The monoisotopic (exact) mass is 124 g/mol. The molecule has 48 valence electrons. The van der Waals surface area contributed by atoms with Crippen LogP contribution in [0.2, 0.25) is 0 Å². The van der Waals surface area contributed by atoms with Crippen molar-refractivity contribution in [1.29, 1.82) is 0 Å². The molecule has 2 aliphatic heterocycles. The Hall–Kier alpha value is -0.340. The summed E-state index contributed by atoms with van der Waals surface area (Å²) < 4.78 is 10.7. The molecule has 2 fully saturated rings. The topological polar surface area (TPSA) is 25.1 Å². The van der Waals surface area contributed by atoms with Crippen LogP contribution >= 0.6 is 0 Å². The van der Waals surface area contributed by atoms with E-state index in [1.54, 1.807) is 0 Å². The number of ether oxygens (including phenoxy) is 2. The summed E-state index contributed by atoms with van der Waals surface area (Å²) in [7, 11) is 0. The summed E-state index contributed by atoms with van der Waals surface area (Å²) in [5.41, 5.74) is 0.0532. The molecule has 0 aromatic rings. The molecule has 0 aromatic carbocycles. The summed E-state index contributed by atoms with van der Waals surface area (Å²) in [5, 5.41) is 0. The molecule has 1 aliphatic carbocycles. The normalized spacial score (nSPS) is 66.6. The molecule has 0 N–H and O–H groups in total. The molecule has 2 saturated heterocycles. The minimum Gasteiger partial charge on any atom is -0.362 e. The fourth-order valence-corrected chi connectivity index (χ4v) is 1.59. The van der Waals surface area contributed by atoms with Gasteiger partial charge in [-0.05, 0) is 6.92 Å². The van der Waals surface area contributed by atoms with Crippen LogP contribution in [0.4, 0.5) is 0 Å². The van der Waals surface area contributed by atoms with E-state index in [0.29, 0.717) is 18.3 Å². The SMILES string of the molecule is CC12C=CC3OC3C1O2. The van der Waals surface area contributed by atoms with Gasteiger partial charge < -0.3 is 9.47 Å². The lowest BCUT2D eigenvalue weighted by Gasteiger charge is -1.98. The summed E-state index contributed by atoms with van der Waals surface area (Å²) in [6, 6.07) is 0. The van der Waals surface area contributed by atoms with Crippen molar-refractivity contribution in [3.63, 3.8) is 0 Å². The highest BCUT2D eigenvalue weighted by Gasteiger charge is 2.65. The molecule has 0 spiro atoms. The van der Waals surface area contributed by atoms with Crippen LogP contribution in [0, 0.1) is 0 Å². The highest BCUT2D eigenvalue weighted by molar-refractivity contribution is 5.29. The van der Waals surface area contributed by atoms with Gasteiger partial charge in [-0.2, -0.15) is 0 Å². The summed E-state index contributed by atoms with van der Waals surface area (Å²) in [4.78, 5) is 0. The van der Waals surface area contributed by atoms with E-state index in [-0.39, 0.29) is 5.60 Å². The lowest BCUT2D eigenvalue weighted by atomic mass is 9.98. The van der Waals surface area contributed by atoms with Crippen LogP contribution in [-0.4, -0.2) is 23.9 Å². The summed E-state index contributed by atoms with van der Waals surface area (Å²) in [6.45, 7) is 2.10. The van der Waals surface area contributed by atoms with Crippen molar-refractivity contribution in [2.75, 3.05) is 0 Å². The second-order valence-electron chi connectivity index (χ2n) is 3.15. The van der Waals surface area contributed by atoms with Gasteiger partial charge in [0.25, 0.3) is 0 Å². The summed E-state index contributed by atoms with van der Waals surface area (Å²) in [6.07, 6.45) is 5.40. The van der Waals surface area contributed by atoms with E-state index < -0.39 is 0 Å². The molecule has 9 heavy (non-hydrogen) atoms. The largest absolute Gasteiger partial charge is 0.362 e. The summed E-state index contributed by atoms with van der Waals surface area (Å²) in [5.74, 6) is 0. The maximum Gasteiger partial charge on any atom is 0.120 e. The summed E-state index contributed by atoms with van der Waals surface area (Å²) >= 11 is 0. The van der Waals surface area contributed by atoms with E-state index in [0.717, 1.165) is 0 Å². The fourth-order valence-electron chi connectivity index (χ4n) is 1.59. The van der Waals surface area contributed by atoms with Crippen LogP contribution in [0.15, 0.2) is 12.2 Å². The van der Waals surface area contributed by atoms with Gasteiger partial charge in [-0.25, -0.2) is 0 Å². The first kappa shape index (κ1) is 4.47. The number of rotatable bonds is 0. The zero-order chi connectivity index (χ0) is 6.06. The van der Waals surface area contributed by atoms with Crippen molar-refractivity contribution in [2.24, 2.45) is 0 Å². The first-order valence-electron chi connectivity index (χ1n) is 3.32. The van der Waals surface area contributed by atoms with E-state index in [4.69, 9.17) is 9.47 Å². The predicted octanol–water partition coefficient (Wildman–Crippen LogP) is 0.481. The zero-order valence-corrected chi connectivity index (χ0v) is 5.20. The van der Waals surface area contributed by atoms with Crippen molar-refractivity contribution < 1.29 is 9.47 Å². The Balaban J connectivity index is 2.04. The maximum atomic E-state index is 5.41. The van der Waals surface area contributed by atoms with Crippen LogP contribution < -0.4 is 0 Å². The van der Waals surface area contributed by atoms with Gasteiger partial charge in [0.15, 0.2) is 0 Å². The molecule has 0 aromatic heterocycles. The molecule has 2 nitrogen and oxygen atoms in total. The van der Waals surface area contributed by atoms with Crippen molar-refractivity contribution in [2.45, 2.75) is 30.8 Å². The number of epoxide rings is 2. The molecule has 0 bridgehead atoms. The van der Waals surface area contributed by atoms with E-state index in [1.165, 1.54) is 0 Å². The van der Waals surface area contributed by atoms with Gasteiger partial charge in [0, 0.05) is 0 Å². The van der Waals surface area contributed by atoms with Crippen molar-refractivity contribution >= 4 is 0 Å². The average Bonchev–Trinajstić information content (AvgIpc) is 2.52. The minimum absolute atomic E-state index is 0.0532. The molecular weight excluding hydrogens is 116 g/mol. The van der Waals surface area contributed by atoms with Gasteiger partial charge in [0.1, 0.15) is 23.9 Å². The molecule has 4 unspecified atom stereocenters. The lowest BCUT2D eigenvalue weighted by molar-refractivity contribution is 0.299.